The number of piperidine rings is 1. The van der Waals surface area contributed by atoms with Crippen molar-refractivity contribution in [3.8, 4) is 0 Å². The number of carbonyl (C=O) groups excluding carboxylic acids is 1. The van der Waals surface area contributed by atoms with Crippen LogP contribution < -0.4 is 10.6 Å². The number of urea groups is 1. The molecule has 3 rings (SSSR count). The maximum Gasteiger partial charge on any atom is 0.315 e. The van der Waals surface area contributed by atoms with Crippen molar-refractivity contribution in [3.05, 3.63) is 59.5 Å². The molecule has 0 spiro atoms. The van der Waals surface area contributed by atoms with Crippen molar-refractivity contribution >= 4 is 6.03 Å². The van der Waals surface area contributed by atoms with Crippen molar-refractivity contribution in [3.63, 3.8) is 0 Å². The van der Waals surface area contributed by atoms with Crippen LogP contribution in [-0.4, -0.2) is 30.1 Å². The number of nitrogens with zero attached hydrogens (tertiary/aromatic N) is 1. The smallest absolute Gasteiger partial charge is 0.315 e. The molecule has 2 amide bonds. The first kappa shape index (κ1) is 17.5. The first-order valence-electron chi connectivity index (χ1n) is 9.00. The van der Waals surface area contributed by atoms with E-state index in [1.54, 1.807) is 6.26 Å². The molecular weight excluding hydrogens is 314 g/mol. The lowest BCUT2D eigenvalue weighted by atomic mass is 10.0. The molecule has 1 fully saturated rings. The molecule has 1 aliphatic rings. The fourth-order valence-electron chi connectivity index (χ4n) is 3.38. The van der Waals surface area contributed by atoms with Gasteiger partial charge < -0.3 is 15.1 Å². The largest absolute Gasteiger partial charge is 0.469 e. The molecule has 2 N–H and O–H groups in total. The zero-order valence-corrected chi connectivity index (χ0v) is 15.0. The third-order valence-corrected chi connectivity index (χ3v) is 5.10. The fourth-order valence-corrected chi connectivity index (χ4v) is 3.38. The van der Waals surface area contributed by atoms with Crippen molar-refractivity contribution in [2.24, 2.45) is 0 Å². The van der Waals surface area contributed by atoms with Gasteiger partial charge in [0.1, 0.15) is 5.76 Å². The fraction of sp³-hybridized carbons (Fsp3) is 0.450. The molecule has 1 saturated heterocycles. The van der Waals surface area contributed by atoms with E-state index in [2.05, 4.69) is 52.8 Å². The van der Waals surface area contributed by atoms with Gasteiger partial charge in [0.15, 0.2) is 0 Å². The number of carbonyl (C=O) groups is 1. The Kier molecular flexibility index (Phi) is 5.76. The number of likely N-dealkylation sites (tertiary alicyclic amines) is 1. The van der Waals surface area contributed by atoms with Crippen molar-refractivity contribution in [1.29, 1.82) is 0 Å². The van der Waals surface area contributed by atoms with E-state index in [0.717, 1.165) is 37.3 Å². The van der Waals surface area contributed by atoms with Crippen LogP contribution in [0.1, 0.15) is 42.7 Å². The topological polar surface area (TPSA) is 57.5 Å². The monoisotopic (exact) mass is 341 g/mol. The molecule has 5 nitrogen and oxygen atoms in total. The van der Waals surface area contributed by atoms with Crippen LogP contribution >= 0.6 is 0 Å². The summed E-state index contributed by atoms with van der Waals surface area (Å²) in [5, 5.41) is 6.00. The van der Waals surface area contributed by atoms with Gasteiger partial charge in [0.25, 0.3) is 0 Å². The van der Waals surface area contributed by atoms with E-state index < -0.39 is 0 Å². The van der Waals surface area contributed by atoms with E-state index in [-0.39, 0.29) is 12.1 Å². The highest BCUT2D eigenvalue weighted by Crippen LogP contribution is 2.23. The molecule has 25 heavy (non-hydrogen) atoms. The number of hydrogen-bond acceptors (Lipinski definition) is 3. The summed E-state index contributed by atoms with van der Waals surface area (Å²) in [5.41, 5.74) is 2.36. The van der Waals surface area contributed by atoms with E-state index in [1.165, 1.54) is 5.56 Å². The van der Waals surface area contributed by atoms with E-state index in [4.69, 9.17) is 4.42 Å². The van der Waals surface area contributed by atoms with Crippen LogP contribution in [-0.2, 0) is 6.54 Å². The summed E-state index contributed by atoms with van der Waals surface area (Å²) in [6.07, 6.45) is 3.61. The van der Waals surface area contributed by atoms with Gasteiger partial charge in [-0.25, -0.2) is 4.79 Å². The second kappa shape index (κ2) is 8.21. The highest BCUT2D eigenvalue weighted by Gasteiger charge is 2.24. The third kappa shape index (κ3) is 4.63. The Labute approximate surface area is 149 Å². The Morgan fingerprint density at radius 1 is 1.24 bits per heavy atom. The Balaban J connectivity index is 1.41. The molecule has 0 unspecified atom stereocenters. The van der Waals surface area contributed by atoms with Crippen molar-refractivity contribution in [2.75, 3.05) is 13.1 Å². The predicted molar refractivity (Wildman–Crippen MR) is 98.3 cm³/mol. The normalized spacial score (nSPS) is 17.2. The number of nitrogens with one attached hydrogen (secondary N) is 2. The Bertz CT molecular complexity index is 675. The SMILES string of the molecule is Cc1occc1CNC(=O)NC1CCN([C@@H](C)c2ccccc2)CC1. The summed E-state index contributed by atoms with van der Waals surface area (Å²) in [6, 6.07) is 13.0. The quantitative estimate of drug-likeness (QED) is 0.873. The van der Waals surface area contributed by atoms with Crippen molar-refractivity contribution in [2.45, 2.75) is 45.3 Å². The van der Waals surface area contributed by atoms with E-state index in [1.807, 2.05) is 13.0 Å². The first-order chi connectivity index (χ1) is 12.1. The zero-order valence-electron chi connectivity index (χ0n) is 15.0. The molecule has 2 aromatic rings. The second-order valence-electron chi connectivity index (χ2n) is 6.73. The average Bonchev–Trinajstić information content (AvgIpc) is 3.06. The van der Waals surface area contributed by atoms with Gasteiger partial charge >= 0.3 is 6.03 Å². The summed E-state index contributed by atoms with van der Waals surface area (Å²) in [7, 11) is 0. The van der Waals surface area contributed by atoms with Gasteiger partial charge in [-0.05, 0) is 38.3 Å². The minimum atomic E-state index is -0.102. The van der Waals surface area contributed by atoms with Gasteiger partial charge in [-0.2, -0.15) is 0 Å². The summed E-state index contributed by atoms with van der Waals surface area (Å²) < 4.78 is 5.24. The molecule has 1 aliphatic heterocycles. The van der Waals surface area contributed by atoms with Crippen LogP contribution in [0.15, 0.2) is 47.1 Å². The lowest BCUT2D eigenvalue weighted by molar-refractivity contribution is 0.153. The average molecular weight is 341 g/mol. The summed E-state index contributed by atoms with van der Waals surface area (Å²) in [6.45, 7) is 6.66. The predicted octanol–water partition coefficient (Wildman–Crippen LogP) is 3.61. The Morgan fingerprint density at radius 3 is 2.60 bits per heavy atom. The number of amides is 2. The lowest BCUT2D eigenvalue weighted by Gasteiger charge is -2.36. The molecule has 134 valence electrons. The van der Waals surface area contributed by atoms with Crippen LogP contribution in [0.5, 0.6) is 0 Å². The number of benzene rings is 1. The Hall–Kier alpha value is -2.27. The summed E-state index contributed by atoms with van der Waals surface area (Å²) in [5.74, 6) is 0.850. The number of hydrogen-bond donors (Lipinski definition) is 2. The molecule has 2 heterocycles. The molecule has 1 atom stereocenters. The van der Waals surface area contributed by atoms with Gasteiger partial charge in [0, 0.05) is 37.3 Å². The molecule has 0 aliphatic carbocycles. The third-order valence-electron chi connectivity index (χ3n) is 5.10. The lowest BCUT2D eigenvalue weighted by Crippen LogP contribution is -2.48. The van der Waals surface area contributed by atoms with E-state index in [0.29, 0.717) is 12.6 Å². The van der Waals surface area contributed by atoms with Crippen LogP contribution in [0, 0.1) is 6.92 Å². The van der Waals surface area contributed by atoms with Crippen LogP contribution in [0.3, 0.4) is 0 Å². The van der Waals surface area contributed by atoms with Gasteiger partial charge in [-0.1, -0.05) is 30.3 Å². The molecule has 5 heteroatoms. The molecular formula is C20H27N3O2. The van der Waals surface area contributed by atoms with Crippen LogP contribution in [0.25, 0.3) is 0 Å². The van der Waals surface area contributed by atoms with Crippen molar-refractivity contribution in [1.82, 2.24) is 15.5 Å². The summed E-state index contributed by atoms with van der Waals surface area (Å²) in [4.78, 5) is 14.6. The molecule has 1 aromatic heterocycles. The maximum absolute atomic E-state index is 12.1. The van der Waals surface area contributed by atoms with Gasteiger partial charge in [-0.3, -0.25) is 4.90 Å². The minimum absolute atomic E-state index is 0.102. The van der Waals surface area contributed by atoms with Gasteiger partial charge in [0.2, 0.25) is 0 Å². The van der Waals surface area contributed by atoms with E-state index >= 15 is 0 Å². The standard InChI is InChI=1S/C20H27N3O2/c1-15(17-6-4-3-5-7-17)23-11-8-19(9-12-23)22-20(24)21-14-18-10-13-25-16(18)2/h3-7,10,13,15,19H,8-9,11-12,14H2,1-2H3,(H2,21,22,24)/t15-/m0/s1. The highest BCUT2D eigenvalue weighted by atomic mass is 16.3. The van der Waals surface area contributed by atoms with Gasteiger partial charge in [0.05, 0.1) is 6.26 Å². The second-order valence-corrected chi connectivity index (χ2v) is 6.73. The number of aryl methyl sites for hydroxylation is 1. The molecule has 1 aromatic carbocycles. The maximum atomic E-state index is 12.1. The van der Waals surface area contributed by atoms with Crippen molar-refractivity contribution < 1.29 is 9.21 Å². The molecule has 0 radical (unpaired) electrons. The van der Waals surface area contributed by atoms with Crippen LogP contribution in [0.4, 0.5) is 4.79 Å². The van der Waals surface area contributed by atoms with E-state index in [9.17, 15) is 4.79 Å². The molecule has 0 saturated carbocycles. The zero-order chi connectivity index (χ0) is 17.6. The minimum Gasteiger partial charge on any atom is -0.469 e. The highest BCUT2D eigenvalue weighted by molar-refractivity contribution is 5.74. The van der Waals surface area contributed by atoms with Gasteiger partial charge in [-0.15, -0.1) is 0 Å². The number of rotatable bonds is 5. The first-order valence-corrected chi connectivity index (χ1v) is 9.00. The number of furan rings is 1. The Morgan fingerprint density at radius 2 is 1.96 bits per heavy atom. The molecule has 0 bridgehead atoms. The summed E-state index contributed by atoms with van der Waals surface area (Å²) >= 11 is 0. The van der Waals surface area contributed by atoms with Crippen LogP contribution in [0.2, 0.25) is 0 Å².